The fourth-order valence-corrected chi connectivity index (χ4v) is 2.38. The first kappa shape index (κ1) is 13.8. The summed E-state index contributed by atoms with van der Waals surface area (Å²) in [6.07, 6.45) is 0.901. The Balaban J connectivity index is 2.06. The number of carbonyl (C=O) groups is 1. The first-order valence-corrected chi connectivity index (χ1v) is 6.34. The molecule has 7 heteroatoms. The van der Waals surface area contributed by atoms with Crippen molar-refractivity contribution in [1.82, 2.24) is 4.90 Å². The van der Waals surface area contributed by atoms with Crippen molar-refractivity contribution >= 4 is 29.3 Å². The zero-order valence-electron chi connectivity index (χ0n) is 10.3. The minimum atomic E-state index is -0.492. The van der Waals surface area contributed by atoms with Gasteiger partial charge in [-0.3, -0.25) is 15.0 Å². The summed E-state index contributed by atoms with van der Waals surface area (Å²) < 4.78 is 0. The van der Waals surface area contributed by atoms with E-state index < -0.39 is 4.92 Å². The summed E-state index contributed by atoms with van der Waals surface area (Å²) >= 11 is 5.90. The summed E-state index contributed by atoms with van der Waals surface area (Å²) in [6, 6.07) is 4.75. The normalized spacial score (nSPS) is 16.4. The smallest absolute Gasteiger partial charge is 0.288 e. The molecule has 1 aliphatic rings. The third-order valence-electron chi connectivity index (χ3n) is 3.20. The molecule has 0 spiro atoms. The largest absolute Gasteiger partial charge is 0.369 e. The van der Waals surface area contributed by atoms with E-state index in [1.807, 2.05) is 0 Å². The molecular weight excluding hydrogens is 270 g/mol. The van der Waals surface area contributed by atoms with E-state index >= 15 is 0 Å². The minimum Gasteiger partial charge on any atom is -0.369 e. The molecular formula is C12H14ClN3O3. The van der Waals surface area contributed by atoms with Gasteiger partial charge in [-0.2, -0.15) is 0 Å². The van der Waals surface area contributed by atoms with Crippen LogP contribution in [0.2, 0.25) is 5.02 Å². The van der Waals surface area contributed by atoms with Gasteiger partial charge in [-0.15, -0.1) is 0 Å². The van der Waals surface area contributed by atoms with Crippen LogP contribution in [0.15, 0.2) is 18.2 Å². The van der Waals surface area contributed by atoms with Gasteiger partial charge in [0.25, 0.3) is 5.69 Å². The van der Waals surface area contributed by atoms with Gasteiger partial charge in [-0.05, 0) is 12.1 Å². The van der Waals surface area contributed by atoms with Crippen molar-refractivity contribution in [3.63, 3.8) is 0 Å². The molecule has 0 unspecified atom stereocenters. The molecule has 1 fully saturated rings. The van der Waals surface area contributed by atoms with E-state index in [9.17, 15) is 14.9 Å². The number of halogens is 1. The number of carbonyl (C=O) groups excluding carboxylic acids is 1. The van der Waals surface area contributed by atoms with Crippen molar-refractivity contribution in [3.05, 3.63) is 33.3 Å². The van der Waals surface area contributed by atoms with Crippen LogP contribution in [0.5, 0.6) is 0 Å². The third-order valence-corrected chi connectivity index (χ3v) is 3.50. The first-order chi connectivity index (χ1) is 9.11. The summed E-state index contributed by atoms with van der Waals surface area (Å²) in [5.74, 6) is 0. The quantitative estimate of drug-likeness (QED) is 0.477. The summed E-state index contributed by atoms with van der Waals surface area (Å²) in [7, 11) is 0. The fraction of sp³-hybridized carbons (Fsp3) is 0.417. The molecule has 1 aromatic carbocycles. The number of nitro groups is 1. The van der Waals surface area contributed by atoms with Crippen molar-refractivity contribution in [3.8, 4) is 0 Å². The average Bonchev–Trinajstić information content (AvgIpc) is 2.39. The van der Waals surface area contributed by atoms with Crippen molar-refractivity contribution in [2.24, 2.45) is 0 Å². The molecule has 1 saturated heterocycles. The number of benzene rings is 1. The van der Waals surface area contributed by atoms with Crippen LogP contribution in [-0.2, 0) is 4.79 Å². The predicted octanol–water partition coefficient (Wildman–Crippen LogP) is 1.57. The SMILES string of the molecule is O=CCN1CCN(c2ccc([N+](=O)[O-])c(Cl)c2)CC1. The molecule has 1 aromatic rings. The van der Waals surface area contributed by atoms with E-state index in [-0.39, 0.29) is 10.7 Å². The summed E-state index contributed by atoms with van der Waals surface area (Å²) in [4.78, 5) is 24.8. The van der Waals surface area contributed by atoms with E-state index in [0.717, 1.165) is 38.2 Å². The summed E-state index contributed by atoms with van der Waals surface area (Å²) in [5.41, 5.74) is 0.798. The average molecular weight is 284 g/mol. The number of rotatable bonds is 4. The van der Waals surface area contributed by atoms with E-state index in [4.69, 9.17) is 11.6 Å². The second-order valence-corrected chi connectivity index (χ2v) is 4.75. The Morgan fingerprint density at radius 2 is 2.00 bits per heavy atom. The van der Waals surface area contributed by atoms with Crippen LogP contribution in [0.25, 0.3) is 0 Å². The van der Waals surface area contributed by atoms with Gasteiger partial charge < -0.3 is 9.69 Å². The van der Waals surface area contributed by atoms with Crippen LogP contribution in [0.1, 0.15) is 0 Å². The third kappa shape index (κ3) is 3.21. The van der Waals surface area contributed by atoms with Crippen molar-refractivity contribution in [1.29, 1.82) is 0 Å². The van der Waals surface area contributed by atoms with Gasteiger partial charge in [0, 0.05) is 37.9 Å². The molecule has 0 bridgehead atoms. The Morgan fingerprint density at radius 1 is 1.32 bits per heavy atom. The zero-order valence-corrected chi connectivity index (χ0v) is 11.0. The molecule has 0 aromatic heterocycles. The van der Waals surface area contributed by atoms with E-state index in [0.29, 0.717) is 6.54 Å². The molecule has 1 aliphatic heterocycles. The molecule has 0 saturated carbocycles. The molecule has 0 N–H and O–H groups in total. The highest BCUT2D eigenvalue weighted by atomic mass is 35.5. The summed E-state index contributed by atoms with van der Waals surface area (Å²) in [6.45, 7) is 3.61. The maximum Gasteiger partial charge on any atom is 0.288 e. The Bertz CT molecular complexity index is 487. The van der Waals surface area contributed by atoms with Gasteiger partial charge >= 0.3 is 0 Å². The Kier molecular flexibility index (Phi) is 4.34. The van der Waals surface area contributed by atoms with E-state index in [2.05, 4.69) is 9.80 Å². The Morgan fingerprint density at radius 3 is 2.53 bits per heavy atom. The standard InChI is InChI=1S/C12H14ClN3O3/c13-11-9-10(1-2-12(11)16(18)19)15-5-3-14(4-6-15)7-8-17/h1-2,8-9H,3-7H2. The molecule has 0 atom stereocenters. The number of hydrogen-bond acceptors (Lipinski definition) is 5. The molecule has 0 amide bonds. The molecule has 0 radical (unpaired) electrons. The molecule has 6 nitrogen and oxygen atoms in total. The van der Waals surface area contributed by atoms with Crippen molar-refractivity contribution in [2.75, 3.05) is 37.6 Å². The van der Waals surface area contributed by atoms with Crippen LogP contribution in [0, 0.1) is 10.1 Å². The monoisotopic (exact) mass is 283 g/mol. The highest BCUT2D eigenvalue weighted by Gasteiger charge is 2.19. The number of nitro benzene ring substituents is 1. The van der Waals surface area contributed by atoms with Crippen LogP contribution >= 0.6 is 11.6 Å². The first-order valence-electron chi connectivity index (χ1n) is 5.96. The van der Waals surface area contributed by atoms with Gasteiger partial charge in [-0.25, -0.2) is 0 Å². The lowest BCUT2D eigenvalue weighted by molar-refractivity contribution is -0.384. The number of anilines is 1. The van der Waals surface area contributed by atoms with Crippen molar-refractivity contribution in [2.45, 2.75) is 0 Å². The second kappa shape index (κ2) is 5.99. The predicted molar refractivity (Wildman–Crippen MR) is 72.8 cm³/mol. The topological polar surface area (TPSA) is 66.7 Å². The van der Waals surface area contributed by atoms with Gasteiger partial charge in [0.1, 0.15) is 11.3 Å². The Hall–Kier alpha value is -1.66. The molecule has 102 valence electrons. The highest BCUT2D eigenvalue weighted by Crippen LogP contribution is 2.29. The lowest BCUT2D eigenvalue weighted by Gasteiger charge is -2.35. The summed E-state index contributed by atoms with van der Waals surface area (Å²) in [5, 5.41) is 10.8. The Labute approximate surface area is 115 Å². The van der Waals surface area contributed by atoms with Crippen LogP contribution in [0.3, 0.4) is 0 Å². The molecule has 2 rings (SSSR count). The lowest BCUT2D eigenvalue weighted by Crippen LogP contribution is -2.46. The molecule has 0 aliphatic carbocycles. The number of hydrogen-bond donors (Lipinski definition) is 0. The zero-order chi connectivity index (χ0) is 13.8. The van der Waals surface area contributed by atoms with Gasteiger partial charge in [-0.1, -0.05) is 11.6 Å². The maximum absolute atomic E-state index is 10.7. The van der Waals surface area contributed by atoms with E-state index in [1.165, 1.54) is 6.07 Å². The van der Waals surface area contributed by atoms with Crippen LogP contribution in [0.4, 0.5) is 11.4 Å². The number of aldehydes is 1. The molecule has 1 heterocycles. The number of nitrogens with zero attached hydrogens (tertiary/aromatic N) is 3. The van der Waals surface area contributed by atoms with Crippen LogP contribution < -0.4 is 4.90 Å². The fourth-order valence-electron chi connectivity index (χ4n) is 2.13. The van der Waals surface area contributed by atoms with E-state index in [1.54, 1.807) is 12.1 Å². The van der Waals surface area contributed by atoms with Gasteiger partial charge in [0.2, 0.25) is 0 Å². The van der Waals surface area contributed by atoms with Crippen LogP contribution in [-0.4, -0.2) is 48.8 Å². The van der Waals surface area contributed by atoms with Gasteiger partial charge in [0.05, 0.1) is 11.5 Å². The van der Waals surface area contributed by atoms with Crippen molar-refractivity contribution < 1.29 is 9.72 Å². The van der Waals surface area contributed by atoms with Gasteiger partial charge in [0.15, 0.2) is 0 Å². The number of piperazine rings is 1. The maximum atomic E-state index is 10.7. The molecule has 19 heavy (non-hydrogen) atoms. The highest BCUT2D eigenvalue weighted by molar-refractivity contribution is 6.32. The minimum absolute atomic E-state index is 0.0787. The second-order valence-electron chi connectivity index (χ2n) is 4.35. The lowest BCUT2D eigenvalue weighted by atomic mass is 10.2.